The molecule has 1 aliphatic heterocycles. The van der Waals surface area contributed by atoms with Crippen molar-refractivity contribution < 1.29 is 19.0 Å². The van der Waals surface area contributed by atoms with Crippen LogP contribution in [0.1, 0.15) is 63.1 Å². The molecule has 6 rings (SSSR count). The number of anilines is 2. The summed E-state index contributed by atoms with van der Waals surface area (Å²) in [5, 5.41) is 0.0298. The number of aryl methyl sites for hydroxylation is 2. The summed E-state index contributed by atoms with van der Waals surface area (Å²) in [6.07, 6.45) is 5.37. The number of halogens is 4. The second-order valence-corrected chi connectivity index (χ2v) is 15.5. The fourth-order valence-corrected chi connectivity index (χ4v) is 8.20. The zero-order valence-corrected chi connectivity index (χ0v) is 35.7. The molecule has 0 unspecified atom stereocenters. The summed E-state index contributed by atoms with van der Waals surface area (Å²) >= 11 is 27.6. The molecule has 0 fully saturated rings. The second kappa shape index (κ2) is 16.9. The van der Waals surface area contributed by atoms with Gasteiger partial charge in [0.25, 0.3) is 0 Å². The molecule has 0 saturated carbocycles. The normalized spacial score (nSPS) is 15.4. The van der Waals surface area contributed by atoms with Crippen LogP contribution in [-0.2, 0) is 23.2 Å². The molecule has 0 radical (unpaired) electrons. The Kier molecular flexibility index (Phi) is 12.4. The summed E-state index contributed by atoms with van der Waals surface area (Å²) in [5.41, 5.74) is 8.16. The van der Waals surface area contributed by atoms with E-state index in [9.17, 15) is 4.79 Å². The van der Waals surface area contributed by atoms with Crippen LogP contribution in [0.4, 0.5) is 11.4 Å². The quantitative estimate of drug-likeness (QED) is 0.0709. The van der Waals surface area contributed by atoms with Crippen molar-refractivity contribution in [3.8, 4) is 11.5 Å². The summed E-state index contributed by atoms with van der Waals surface area (Å²) in [7, 11) is 11.3. The predicted molar refractivity (Wildman–Crippen MR) is 234 cm³/mol. The number of cyclic esters (lactones) is 1. The van der Waals surface area contributed by atoms with E-state index in [1.807, 2.05) is 88.9 Å². The van der Waals surface area contributed by atoms with Gasteiger partial charge in [0.2, 0.25) is 0 Å². The molecule has 290 valence electrons. The minimum absolute atomic E-state index is 0.0210. The Balaban J connectivity index is 1.81. The number of hydrogen-bond donors (Lipinski definition) is 0. The van der Waals surface area contributed by atoms with Crippen LogP contribution >= 0.6 is 46.4 Å². The average Bonchev–Trinajstić information content (AvgIpc) is 3.50. The highest BCUT2D eigenvalue weighted by atomic mass is 35.5. The summed E-state index contributed by atoms with van der Waals surface area (Å²) < 4.78 is 17.7. The Morgan fingerprint density at radius 3 is 1.41 bits per heavy atom. The molecule has 0 saturated heterocycles. The maximum absolute atomic E-state index is 14.3. The van der Waals surface area contributed by atoms with Crippen molar-refractivity contribution >= 4 is 74.9 Å². The van der Waals surface area contributed by atoms with Gasteiger partial charge in [-0.25, -0.2) is 4.79 Å². The Hall–Kier alpha value is -4.59. The van der Waals surface area contributed by atoms with Crippen molar-refractivity contribution in [2.24, 2.45) is 0 Å². The highest BCUT2D eigenvalue weighted by Gasteiger charge is 2.48. The van der Waals surface area contributed by atoms with Crippen LogP contribution < -0.4 is 19.3 Å². The van der Waals surface area contributed by atoms with Crippen molar-refractivity contribution in [1.29, 1.82) is 0 Å². The molecule has 5 aromatic carbocycles. The Labute approximate surface area is 349 Å². The van der Waals surface area contributed by atoms with Gasteiger partial charge in [0.1, 0.15) is 11.5 Å². The van der Waals surface area contributed by atoms with Gasteiger partial charge >= 0.3 is 5.97 Å². The molecule has 0 bridgehead atoms. The number of carbonyl (C=O) groups excluding carboxylic acids is 1. The van der Waals surface area contributed by atoms with Gasteiger partial charge in [-0.05, 0) is 118 Å². The predicted octanol–water partition coefficient (Wildman–Crippen LogP) is 12.2. The summed E-state index contributed by atoms with van der Waals surface area (Å²) in [6.45, 7) is 4.24. The summed E-state index contributed by atoms with van der Waals surface area (Å²) in [4.78, 5) is 18.4. The lowest BCUT2D eigenvalue weighted by atomic mass is 9.81. The lowest BCUT2D eigenvalue weighted by Crippen LogP contribution is -2.23. The maximum Gasteiger partial charge on any atom is 0.341 e. The summed E-state index contributed by atoms with van der Waals surface area (Å²) in [5.74, 6) is 0.717. The smallest absolute Gasteiger partial charge is 0.341 e. The van der Waals surface area contributed by atoms with E-state index in [1.54, 1.807) is 14.2 Å². The van der Waals surface area contributed by atoms with Crippen LogP contribution in [0.2, 0.25) is 20.1 Å². The third kappa shape index (κ3) is 7.73. The Morgan fingerprint density at radius 1 is 0.625 bits per heavy atom. The number of esters is 1. The molecule has 0 amide bonds. The van der Waals surface area contributed by atoms with E-state index in [1.165, 1.54) is 0 Å². The van der Waals surface area contributed by atoms with Gasteiger partial charge in [0.15, 0.2) is 5.60 Å². The number of ether oxygens (including phenoxy) is 3. The first-order chi connectivity index (χ1) is 26.8. The van der Waals surface area contributed by atoms with E-state index in [4.69, 9.17) is 60.6 Å². The van der Waals surface area contributed by atoms with Crippen molar-refractivity contribution in [3.63, 3.8) is 0 Å². The number of carbonyl (C=O) groups is 1. The molecular weight excluding hydrogens is 786 g/mol. The molecular formula is C46H44Cl4N2O4. The highest BCUT2D eigenvalue weighted by Crippen LogP contribution is 2.54. The molecule has 1 heterocycles. The fraction of sp³-hybridized carbons (Fsp3) is 0.239. The molecule has 0 N–H and O–H groups in total. The van der Waals surface area contributed by atoms with E-state index in [0.717, 1.165) is 68.7 Å². The highest BCUT2D eigenvalue weighted by molar-refractivity contribution is 6.53. The van der Waals surface area contributed by atoms with E-state index in [0.29, 0.717) is 17.1 Å². The molecule has 6 nitrogen and oxygen atoms in total. The van der Waals surface area contributed by atoms with Crippen molar-refractivity contribution in [3.05, 3.63) is 162 Å². The molecule has 0 atom stereocenters. The molecule has 0 spiro atoms. The Morgan fingerprint density at radius 2 is 1.04 bits per heavy atom. The number of fused-ring (bicyclic) bond motifs is 1. The molecule has 0 aliphatic carbocycles. The van der Waals surface area contributed by atoms with E-state index in [-0.39, 0.29) is 25.7 Å². The SMILES string of the molecule is CCc1cc(N(C)C)ccc1C(=CC1(C=C(c2ccc(OC)cc2)c2ccc(N(C)C)cc2CC)OC(=O)c2c(Cl)c(Cl)c(Cl)c(Cl)c21)c1ccc(OC)cc1. The molecule has 1 aliphatic rings. The molecule has 10 heteroatoms. The molecule has 5 aromatic rings. The lowest BCUT2D eigenvalue weighted by molar-refractivity contribution is 0.0300. The van der Waals surface area contributed by atoms with Crippen LogP contribution in [0.25, 0.3) is 11.1 Å². The fourth-order valence-electron chi connectivity index (χ4n) is 7.12. The number of hydrogen-bond acceptors (Lipinski definition) is 6. The minimum atomic E-state index is -1.65. The first kappa shape index (κ1) is 41.1. The number of benzene rings is 5. The average molecular weight is 831 g/mol. The zero-order chi connectivity index (χ0) is 40.5. The first-order valence-electron chi connectivity index (χ1n) is 18.2. The van der Waals surface area contributed by atoms with Gasteiger partial charge in [-0.2, -0.15) is 0 Å². The minimum Gasteiger partial charge on any atom is -0.497 e. The van der Waals surface area contributed by atoms with Crippen LogP contribution in [0.15, 0.2) is 97.1 Å². The van der Waals surface area contributed by atoms with Crippen LogP contribution in [-0.4, -0.2) is 48.4 Å². The zero-order valence-electron chi connectivity index (χ0n) is 32.7. The van der Waals surface area contributed by atoms with Crippen molar-refractivity contribution in [2.75, 3.05) is 52.2 Å². The van der Waals surface area contributed by atoms with Gasteiger partial charge in [-0.1, -0.05) is 96.6 Å². The van der Waals surface area contributed by atoms with Crippen LogP contribution in [0.3, 0.4) is 0 Å². The van der Waals surface area contributed by atoms with Gasteiger partial charge < -0.3 is 24.0 Å². The Bertz CT molecular complexity index is 2230. The largest absolute Gasteiger partial charge is 0.497 e. The third-order valence-corrected chi connectivity index (χ3v) is 12.0. The van der Waals surface area contributed by atoms with Gasteiger partial charge in [0.05, 0.1) is 39.9 Å². The second-order valence-electron chi connectivity index (χ2n) is 13.9. The molecule has 0 aromatic heterocycles. The number of methoxy groups -OCH3 is 2. The van der Waals surface area contributed by atoms with Crippen LogP contribution in [0.5, 0.6) is 11.5 Å². The molecule has 56 heavy (non-hydrogen) atoms. The lowest BCUT2D eigenvalue weighted by Gasteiger charge is -2.28. The van der Waals surface area contributed by atoms with E-state index in [2.05, 4.69) is 60.0 Å². The topological polar surface area (TPSA) is 51.2 Å². The standard InChI is InChI=1S/C46H44Cl4N2O4/c1-9-27-23-31(51(3)4)15-21-35(27)37(29-11-17-33(54-7)18-12-29)25-46(40-39(45(53)56-46)41(47)43(49)44(50)42(40)48)26-38(30-13-19-34(55-8)20-14-30)36-22-16-32(52(5)6)24-28(36)10-2/h11-26H,9-10H2,1-8H3. The monoisotopic (exact) mass is 828 g/mol. The third-order valence-electron chi connectivity index (χ3n) is 10.2. The first-order valence-corrected chi connectivity index (χ1v) is 19.7. The van der Waals surface area contributed by atoms with Gasteiger partial charge in [-0.15, -0.1) is 0 Å². The summed E-state index contributed by atoms with van der Waals surface area (Å²) in [6, 6.07) is 28.3. The number of nitrogens with zero attached hydrogens (tertiary/aromatic N) is 2. The van der Waals surface area contributed by atoms with E-state index >= 15 is 0 Å². The van der Waals surface area contributed by atoms with Crippen LogP contribution in [0, 0.1) is 0 Å². The number of rotatable bonds is 12. The van der Waals surface area contributed by atoms with E-state index < -0.39 is 11.6 Å². The van der Waals surface area contributed by atoms with Crippen molar-refractivity contribution in [2.45, 2.75) is 32.3 Å². The van der Waals surface area contributed by atoms with Gasteiger partial charge in [-0.3, -0.25) is 0 Å². The van der Waals surface area contributed by atoms with Crippen molar-refractivity contribution in [1.82, 2.24) is 0 Å². The van der Waals surface area contributed by atoms with Gasteiger partial charge in [0, 0.05) is 45.1 Å². The maximum atomic E-state index is 14.3.